The molecule has 3 rings (SSSR count). The van der Waals surface area contributed by atoms with Crippen LogP contribution in [0.3, 0.4) is 0 Å². The number of carbonyl (C=O) groups is 1. The van der Waals surface area contributed by atoms with Crippen molar-refractivity contribution in [3.8, 4) is 17.0 Å². The van der Waals surface area contributed by atoms with Crippen LogP contribution in [-0.2, 0) is 4.79 Å². The van der Waals surface area contributed by atoms with E-state index in [1.54, 1.807) is 6.07 Å². The van der Waals surface area contributed by atoms with E-state index in [0.29, 0.717) is 10.9 Å². The minimum absolute atomic E-state index is 0.0750. The van der Waals surface area contributed by atoms with Crippen molar-refractivity contribution < 1.29 is 9.53 Å². The molecule has 24 heavy (non-hydrogen) atoms. The Kier molecular flexibility index (Phi) is 5.65. The maximum atomic E-state index is 12.0. The van der Waals surface area contributed by atoms with Crippen molar-refractivity contribution in [3.05, 3.63) is 62.9 Å². The maximum absolute atomic E-state index is 12.0. The summed E-state index contributed by atoms with van der Waals surface area (Å²) in [5, 5.41) is 5.21. The smallest absolute Gasteiger partial charge is 0.264 e. The maximum Gasteiger partial charge on any atom is 0.264 e. The van der Waals surface area contributed by atoms with Gasteiger partial charge >= 0.3 is 0 Å². The molecule has 3 aromatic rings. The number of nitrogens with zero attached hydrogens (tertiary/aromatic N) is 1. The fraction of sp³-hybridized carbons (Fsp3) is 0.0588. The van der Waals surface area contributed by atoms with Crippen LogP contribution in [-0.4, -0.2) is 17.5 Å². The second-order valence-corrected chi connectivity index (χ2v) is 7.44. The van der Waals surface area contributed by atoms with Gasteiger partial charge in [0.1, 0.15) is 5.75 Å². The molecular weight excluding hydrogens is 456 g/mol. The lowest BCUT2D eigenvalue weighted by Gasteiger charge is -2.07. The first kappa shape index (κ1) is 17.1. The molecular formula is C17H12Br2N2O2S. The number of hydrogen-bond acceptors (Lipinski definition) is 4. The topological polar surface area (TPSA) is 51.2 Å². The van der Waals surface area contributed by atoms with Gasteiger partial charge in [-0.15, -0.1) is 11.3 Å². The molecule has 0 bridgehead atoms. The second kappa shape index (κ2) is 7.92. The summed E-state index contributed by atoms with van der Waals surface area (Å²) in [5.74, 6) is 0.377. The molecule has 0 radical (unpaired) electrons. The third-order valence-electron chi connectivity index (χ3n) is 3.07. The SMILES string of the molecule is O=C(COc1ccccc1Br)Nc1nc(-c2cccc(Br)c2)cs1. The molecule has 1 heterocycles. The molecule has 2 aromatic carbocycles. The summed E-state index contributed by atoms with van der Waals surface area (Å²) in [5.41, 5.74) is 1.81. The molecule has 0 atom stereocenters. The molecule has 0 spiro atoms. The predicted molar refractivity (Wildman–Crippen MR) is 104 cm³/mol. The van der Waals surface area contributed by atoms with Crippen LogP contribution in [0.5, 0.6) is 5.75 Å². The van der Waals surface area contributed by atoms with Crippen LogP contribution in [0.1, 0.15) is 0 Å². The van der Waals surface area contributed by atoms with Crippen molar-refractivity contribution in [2.24, 2.45) is 0 Å². The molecule has 0 unspecified atom stereocenters. The second-order valence-electron chi connectivity index (χ2n) is 4.82. The number of halogens is 2. The Hall–Kier alpha value is -1.70. The Bertz CT molecular complexity index is 867. The number of hydrogen-bond donors (Lipinski definition) is 1. The number of benzene rings is 2. The highest BCUT2D eigenvalue weighted by Crippen LogP contribution is 2.27. The Labute approximate surface area is 160 Å². The minimum atomic E-state index is -0.249. The lowest BCUT2D eigenvalue weighted by atomic mass is 10.2. The fourth-order valence-corrected chi connectivity index (χ4v) is 3.51. The zero-order valence-corrected chi connectivity index (χ0v) is 16.3. The molecule has 0 aliphatic rings. The van der Waals surface area contributed by atoms with Crippen LogP contribution in [0.15, 0.2) is 62.9 Å². The quantitative estimate of drug-likeness (QED) is 0.550. The molecule has 0 aliphatic heterocycles. The zero-order valence-electron chi connectivity index (χ0n) is 12.3. The van der Waals surface area contributed by atoms with Crippen molar-refractivity contribution in [2.75, 3.05) is 11.9 Å². The average molecular weight is 468 g/mol. The predicted octanol–water partition coefficient (Wildman–Crippen LogP) is 5.35. The summed E-state index contributed by atoms with van der Waals surface area (Å²) in [7, 11) is 0. The van der Waals surface area contributed by atoms with Crippen molar-refractivity contribution in [1.29, 1.82) is 0 Å². The van der Waals surface area contributed by atoms with Gasteiger partial charge in [0.25, 0.3) is 5.91 Å². The molecule has 122 valence electrons. The number of rotatable bonds is 5. The molecule has 0 saturated carbocycles. The molecule has 7 heteroatoms. The Morgan fingerprint density at radius 3 is 2.79 bits per heavy atom. The van der Waals surface area contributed by atoms with E-state index in [-0.39, 0.29) is 12.5 Å². The number of carbonyl (C=O) groups excluding carboxylic acids is 1. The van der Waals surface area contributed by atoms with E-state index in [1.165, 1.54) is 11.3 Å². The number of anilines is 1. The van der Waals surface area contributed by atoms with Gasteiger partial charge in [-0.25, -0.2) is 4.98 Å². The average Bonchev–Trinajstić information content (AvgIpc) is 3.02. The Morgan fingerprint density at radius 2 is 2.00 bits per heavy atom. The van der Waals surface area contributed by atoms with Gasteiger partial charge in [-0.1, -0.05) is 40.2 Å². The summed E-state index contributed by atoms with van der Waals surface area (Å²) in [6.45, 7) is -0.0750. The van der Waals surface area contributed by atoms with Gasteiger partial charge in [0, 0.05) is 15.4 Å². The molecule has 1 amide bonds. The van der Waals surface area contributed by atoms with Crippen molar-refractivity contribution in [1.82, 2.24) is 4.98 Å². The largest absolute Gasteiger partial charge is 0.483 e. The third-order valence-corrected chi connectivity index (χ3v) is 4.97. The van der Waals surface area contributed by atoms with E-state index in [9.17, 15) is 4.79 Å². The highest BCUT2D eigenvalue weighted by atomic mass is 79.9. The number of ether oxygens (including phenoxy) is 1. The van der Waals surface area contributed by atoms with Crippen LogP contribution in [0.2, 0.25) is 0 Å². The van der Waals surface area contributed by atoms with E-state index < -0.39 is 0 Å². The normalized spacial score (nSPS) is 10.4. The molecule has 1 N–H and O–H groups in total. The zero-order chi connectivity index (χ0) is 16.9. The van der Waals surface area contributed by atoms with Crippen molar-refractivity contribution in [3.63, 3.8) is 0 Å². The first-order valence-electron chi connectivity index (χ1n) is 7.00. The summed E-state index contributed by atoms with van der Waals surface area (Å²) < 4.78 is 7.29. The molecule has 0 aliphatic carbocycles. The van der Waals surface area contributed by atoms with Gasteiger partial charge in [-0.05, 0) is 40.2 Å². The van der Waals surface area contributed by atoms with Crippen LogP contribution >= 0.6 is 43.2 Å². The van der Waals surface area contributed by atoms with Gasteiger partial charge in [0.05, 0.1) is 10.2 Å². The van der Waals surface area contributed by atoms with E-state index >= 15 is 0 Å². The highest BCUT2D eigenvalue weighted by Gasteiger charge is 2.10. The van der Waals surface area contributed by atoms with E-state index in [2.05, 4.69) is 42.2 Å². The van der Waals surface area contributed by atoms with Gasteiger partial charge in [-0.2, -0.15) is 0 Å². The monoisotopic (exact) mass is 466 g/mol. The lowest BCUT2D eigenvalue weighted by molar-refractivity contribution is -0.118. The number of nitrogens with one attached hydrogen (secondary N) is 1. The Balaban J connectivity index is 1.60. The standard InChI is InChI=1S/C17H12Br2N2O2S/c18-12-5-3-4-11(8-12)14-10-24-17(20-14)21-16(22)9-23-15-7-2-1-6-13(15)19/h1-8,10H,9H2,(H,20,21,22). The first-order valence-corrected chi connectivity index (χ1v) is 9.47. The van der Waals surface area contributed by atoms with Gasteiger partial charge in [0.15, 0.2) is 11.7 Å². The van der Waals surface area contributed by atoms with Gasteiger partial charge in [-0.3, -0.25) is 10.1 Å². The number of para-hydroxylation sites is 1. The molecule has 1 aromatic heterocycles. The van der Waals surface area contributed by atoms with Gasteiger partial charge < -0.3 is 4.74 Å². The van der Waals surface area contributed by atoms with Crippen LogP contribution in [0, 0.1) is 0 Å². The number of aromatic nitrogens is 1. The van der Waals surface area contributed by atoms with E-state index in [0.717, 1.165) is 20.2 Å². The van der Waals surface area contributed by atoms with Crippen molar-refractivity contribution in [2.45, 2.75) is 0 Å². The number of thiazole rings is 1. The van der Waals surface area contributed by atoms with E-state index in [4.69, 9.17) is 4.74 Å². The summed E-state index contributed by atoms with van der Waals surface area (Å²) in [6.07, 6.45) is 0. The number of amides is 1. The first-order chi connectivity index (χ1) is 11.6. The minimum Gasteiger partial charge on any atom is -0.483 e. The molecule has 0 saturated heterocycles. The lowest BCUT2D eigenvalue weighted by Crippen LogP contribution is -2.20. The molecule has 0 fully saturated rings. The highest BCUT2D eigenvalue weighted by molar-refractivity contribution is 9.10. The fourth-order valence-electron chi connectivity index (χ4n) is 1.97. The van der Waals surface area contributed by atoms with E-state index in [1.807, 2.05) is 47.8 Å². The van der Waals surface area contributed by atoms with Gasteiger partial charge in [0.2, 0.25) is 0 Å². The summed E-state index contributed by atoms with van der Waals surface area (Å²) in [6, 6.07) is 15.3. The van der Waals surface area contributed by atoms with Crippen LogP contribution < -0.4 is 10.1 Å². The summed E-state index contributed by atoms with van der Waals surface area (Å²) >= 11 is 8.20. The third kappa shape index (κ3) is 4.43. The molecule has 4 nitrogen and oxygen atoms in total. The Morgan fingerprint density at radius 1 is 1.17 bits per heavy atom. The van der Waals surface area contributed by atoms with Crippen molar-refractivity contribution >= 4 is 54.2 Å². The van der Waals surface area contributed by atoms with Crippen LogP contribution in [0.25, 0.3) is 11.3 Å². The van der Waals surface area contributed by atoms with Crippen LogP contribution in [0.4, 0.5) is 5.13 Å². The summed E-state index contributed by atoms with van der Waals surface area (Å²) in [4.78, 5) is 16.4.